The molecular weight excluding hydrogens is 140 g/mol. The van der Waals surface area contributed by atoms with Crippen LogP contribution >= 0.6 is 0 Å². The maximum absolute atomic E-state index is 9.76. The highest BCUT2D eigenvalue weighted by atomic mass is 16.4. The third-order valence-electron chi connectivity index (χ3n) is 1.07. The van der Waals surface area contributed by atoms with Crippen LogP contribution in [0.1, 0.15) is 1.43 Å². The molecule has 4 N–H and O–H groups in total. The highest BCUT2D eigenvalue weighted by molar-refractivity contribution is 5.56. The van der Waals surface area contributed by atoms with Crippen LogP contribution in [0, 0.1) is 0 Å². The SMILES string of the molecule is O=C[C@H](O)[C@H](O)[C@H](O)CO.[H+]. The molecule has 0 rings (SSSR count). The van der Waals surface area contributed by atoms with Crippen LogP contribution in [0.2, 0.25) is 0 Å². The highest BCUT2D eigenvalue weighted by Gasteiger charge is 2.22. The summed E-state index contributed by atoms with van der Waals surface area (Å²) >= 11 is 0. The van der Waals surface area contributed by atoms with Gasteiger partial charge in [-0.15, -0.1) is 0 Å². The maximum Gasteiger partial charge on any atom is 1.00 e. The zero-order valence-corrected chi connectivity index (χ0v) is 5.21. The molecule has 0 saturated heterocycles. The zero-order chi connectivity index (χ0) is 8.15. The molecule has 0 aliphatic carbocycles. The minimum atomic E-state index is -1.64. The van der Waals surface area contributed by atoms with Gasteiger partial charge in [0.1, 0.15) is 18.3 Å². The average Bonchev–Trinajstić information content (AvgIpc) is 2.00. The van der Waals surface area contributed by atoms with Crippen LogP contribution in [0.5, 0.6) is 0 Å². The fourth-order valence-corrected chi connectivity index (χ4v) is 0.416. The normalized spacial score (nSPS) is 19.6. The van der Waals surface area contributed by atoms with E-state index in [0.717, 1.165) is 0 Å². The lowest BCUT2D eigenvalue weighted by Gasteiger charge is -2.16. The van der Waals surface area contributed by atoms with Gasteiger partial charge >= 0.3 is 1.43 Å². The van der Waals surface area contributed by atoms with Gasteiger partial charge in [0.2, 0.25) is 0 Å². The molecule has 0 radical (unpaired) electrons. The van der Waals surface area contributed by atoms with Crippen LogP contribution in [0.3, 0.4) is 0 Å². The summed E-state index contributed by atoms with van der Waals surface area (Å²) in [5.41, 5.74) is 0. The number of aliphatic hydroxyl groups excluding tert-OH is 4. The largest absolute Gasteiger partial charge is 1.00 e. The molecule has 0 heterocycles. The lowest BCUT2D eigenvalue weighted by molar-refractivity contribution is -0.127. The van der Waals surface area contributed by atoms with Crippen LogP contribution in [-0.4, -0.2) is 51.6 Å². The van der Waals surface area contributed by atoms with E-state index in [1.165, 1.54) is 0 Å². The van der Waals surface area contributed by atoms with E-state index in [2.05, 4.69) is 0 Å². The van der Waals surface area contributed by atoms with Gasteiger partial charge in [-0.2, -0.15) is 0 Å². The molecule has 0 aliphatic heterocycles. The molecular formula is C5H11O5+. The van der Waals surface area contributed by atoms with E-state index in [4.69, 9.17) is 20.4 Å². The average molecular weight is 151 g/mol. The second-order valence-electron chi connectivity index (χ2n) is 1.87. The standard InChI is InChI=1S/C5H10O5/c6-1-3(8)5(10)4(9)2-7/h1,3-5,7-10H,2H2/p+1/t3-,4+,5-/m0/s1. The van der Waals surface area contributed by atoms with Crippen molar-refractivity contribution in [3.8, 4) is 0 Å². The van der Waals surface area contributed by atoms with Crippen LogP contribution < -0.4 is 0 Å². The van der Waals surface area contributed by atoms with E-state index in [1.807, 2.05) is 0 Å². The number of hydrogen-bond acceptors (Lipinski definition) is 5. The molecule has 0 amide bonds. The first-order valence-electron chi connectivity index (χ1n) is 2.73. The predicted octanol–water partition coefficient (Wildman–Crippen LogP) is -2.63. The fraction of sp³-hybridized carbons (Fsp3) is 0.800. The Morgan fingerprint density at radius 2 is 1.90 bits per heavy atom. The van der Waals surface area contributed by atoms with Crippen LogP contribution in [-0.2, 0) is 4.79 Å². The van der Waals surface area contributed by atoms with Crippen LogP contribution in [0.25, 0.3) is 0 Å². The van der Waals surface area contributed by atoms with Gasteiger partial charge in [-0.3, -0.25) is 0 Å². The lowest BCUT2D eigenvalue weighted by Crippen LogP contribution is -2.40. The van der Waals surface area contributed by atoms with Crippen molar-refractivity contribution in [3.63, 3.8) is 0 Å². The molecule has 5 nitrogen and oxygen atoms in total. The van der Waals surface area contributed by atoms with E-state index in [0.29, 0.717) is 0 Å². The Morgan fingerprint density at radius 1 is 1.40 bits per heavy atom. The Hall–Kier alpha value is -0.490. The molecule has 0 aromatic rings. The number of hydrogen-bond donors (Lipinski definition) is 4. The number of rotatable bonds is 4. The van der Waals surface area contributed by atoms with Crippen molar-refractivity contribution >= 4 is 6.29 Å². The van der Waals surface area contributed by atoms with Gasteiger partial charge in [0.05, 0.1) is 6.61 Å². The topological polar surface area (TPSA) is 98.0 Å². The molecule has 5 heteroatoms. The fourth-order valence-electron chi connectivity index (χ4n) is 0.416. The minimum Gasteiger partial charge on any atom is -0.394 e. The Morgan fingerprint density at radius 3 is 2.20 bits per heavy atom. The van der Waals surface area contributed by atoms with Crippen molar-refractivity contribution in [3.05, 3.63) is 0 Å². The molecule has 10 heavy (non-hydrogen) atoms. The van der Waals surface area contributed by atoms with Gasteiger partial charge in [0.15, 0.2) is 6.29 Å². The van der Waals surface area contributed by atoms with E-state index in [1.54, 1.807) is 0 Å². The molecule has 3 atom stereocenters. The van der Waals surface area contributed by atoms with Crippen LogP contribution in [0.4, 0.5) is 0 Å². The van der Waals surface area contributed by atoms with Gasteiger partial charge in [-0.1, -0.05) is 0 Å². The number of aldehydes is 1. The Kier molecular flexibility index (Phi) is 4.13. The number of aliphatic hydroxyl groups is 4. The van der Waals surface area contributed by atoms with Gasteiger partial charge < -0.3 is 25.2 Å². The first-order chi connectivity index (χ1) is 4.63. The minimum absolute atomic E-state index is 0. The second kappa shape index (κ2) is 4.35. The molecule has 60 valence electrons. The van der Waals surface area contributed by atoms with E-state index in [-0.39, 0.29) is 7.71 Å². The van der Waals surface area contributed by atoms with Crippen molar-refractivity contribution in [2.24, 2.45) is 0 Å². The van der Waals surface area contributed by atoms with Crippen LogP contribution in [0.15, 0.2) is 0 Å². The second-order valence-corrected chi connectivity index (χ2v) is 1.87. The third-order valence-corrected chi connectivity index (χ3v) is 1.07. The number of carbonyl (C=O) groups excluding carboxylic acids is 1. The van der Waals surface area contributed by atoms with Gasteiger partial charge in [-0.25, -0.2) is 0 Å². The first-order valence-corrected chi connectivity index (χ1v) is 2.73. The van der Waals surface area contributed by atoms with E-state index >= 15 is 0 Å². The van der Waals surface area contributed by atoms with Gasteiger partial charge in [-0.05, 0) is 0 Å². The van der Waals surface area contributed by atoms with E-state index in [9.17, 15) is 4.79 Å². The molecule has 0 fully saturated rings. The third kappa shape index (κ3) is 2.40. The van der Waals surface area contributed by atoms with Crippen molar-refractivity contribution in [1.29, 1.82) is 0 Å². The summed E-state index contributed by atoms with van der Waals surface area (Å²) in [5.74, 6) is 0. The van der Waals surface area contributed by atoms with Crippen molar-refractivity contribution in [1.82, 2.24) is 0 Å². The summed E-state index contributed by atoms with van der Waals surface area (Å²) in [5, 5.41) is 34.1. The Balaban J connectivity index is 0. The summed E-state index contributed by atoms with van der Waals surface area (Å²) in [6.07, 6.45) is -4.63. The van der Waals surface area contributed by atoms with Gasteiger partial charge in [0.25, 0.3) is 0 Å². The Bertz CT molecular complexity index is 109. The van der Waals surface area contributed by atoms with Crippen molar-refractivity contribution in [2.75, 3.05) is 6.61 Å². The van der Waals surface area contributed by atoms with Gasteiger partial charge in [0, 0.05) is 0 Å². The molecule has 0 saturated carbocycles. The smallest absolute Gasteiger partial charge is 0.394 e. The molecule has 0 aromatic carbocycles. The summed E-state index contributed by atoms with van der Waals surface area (Å²) in [4.78, 5) is 9.76. The molecule has 0 aliphatic rings. The highest BCUT2D eigenvalue weighted by Crippen LogP contribution is 1.96. The summed E-state index contributed by atoms with van der Waals surface area (Å²) in [6.45, 7) is -0.688. The summed E-state index contributed by atoms with van der Waals surface area (Å²) in [7, 11) is 0. The number of carbonyl (C=O) groups is 1. The zero-order valence-electron chi connectivity index (χ0n) is 6.21. The maximum atomic E-state index is 9.76. The van der Waals surface area contributed by atoms with Crippen molar-refractivity contribution in [2.45, 2.75) is 18.3 Å². The predicted molar refractivity (Wildman–Crippen MR) is 32.3 cm³/mol. The summed E-state index contributed by atoms with van der Waals surface area (Å²) in [6, 6.07) is 0. The lowest BCUT2D eigenvalue weighted by atomic mass is 10.1. The molecule has 0 spiro atoms. The Labute approximate surface area is 59.0 Å². The first kappa shape index (κ1) is 9.51. The quantitative estimate of drug-likeness (QED) is 0.329. The molecule has 0 bridgehead atoms. The van der Waals surface area contributed by atoms with Crippen molar-refractivity contribution < 1.29 is 26.6 Å². The monoisotopic (exact) mass is 151 g/mol. The molecule has 0 aromatic heterocycles. The molecule has 0 unspecified atom stereocenters. The summed E-state index contributed by atoms with van der Waals surface area (Å²) < 4.78 is 0. The van der Waals surface area contributed by atoms with E-state index < -0.39 is 24.9 Å².